The first kappa shape index (κ1) is 12.3. The Morgan fingerprint density at radius 2 is 1.88 bits per heavy atom. The Bertz CT molecular complexity index is 547. The maximum absolute atomic E-state index is 5.97. The van der Waals surface area contributed by atoms with Crippen molar-refractivity contribution in [2.45, 2.75) is 19.8 Å². The highest BCUT2D eigenvalue weighted by Crippen LogP contribution is 2.26. The number of nitrogens with two attached hydrogens (primary N) is 1. The van der Waals surface area contributed by atoms with Crippen molar-refractivity contribution in [2.24, 2.45) is 0 Å². The molecule has 0 spiro atoms. The van der Waals surface area contributed by atoms with Gasteiger partial charge < -0.3 is 5.73 Å². The number of aromatic nitrogens is 2. The Labute approximate surface area is 110 Å². The second-order valence-corrected chi connectivity index (χ2v) is 4.97. The lowest BCUT2D eigenvalue weighted by Gasteiger charge is -2.05. The third-order valence-electron chi connectivity index (χ3n) is 2.50. The molecule has 1 heterocycles. The first-order valence-corrected chi connectivity index (χ1v) is 6.05. The molecule has 0 saturated heterocycles. The van der Waals surface area contributed by atoms with Crippen molar-refractivity contribution in [3.05, 3.63) is 40.0 Å². The smallest absolute Gasteiger partial charge is 0.127 e. The molecular formula is C12H13Cl2N3. The molecule has 0 unspecified atom stereocenters. The van der Waals surface area contributed by atoms with E-state index in [2.05, 4.69) is 18.9 Å². The fraction of sp³-hybridized carbons (Fsp3) is 0.250. The van der Waals surface area contributed by atoms with Gasteiger partial charge in [-0.25, -0.2) is 4.68 Å². The SMILES string of the molecule is CC(C)c1cc(N)n(-c2ccc(Cl)c(Cl)c2)n1. The lowest BCUT2D eigenvalue weighted by atomic mass is 10.1. The van der Waals surface area contributed by atoms with Crippen molar-refractivity contribution in [3.63, 3.8) is 0 Å². The summed E-state index contributed by atoms with van der Waals surface area (Å²) in [7, 11) is 0. The first-order valence-electron chi connectivity index (χ1n) is 5.30. The molecule has 2 aromatic rings. The molecule has 17 heavy (non-hydrogen) atoms. The van der Waals surface area contributed by atoms with E-state index in [4.69, 9.17) is 28.9 Å². The highest BCUT2D eigenvalue weighted by Gasteiger charge is 2.10. The van der Waals surface area contributed by atoms with Crippen molar-refractivity contribution in [1.29, 1.82) is 0 Å². The zero-order chi connectivity index (χ0) is 12.6. The largest absolute Gasteiger partial charge is 0.384 e. The normalized spacial score (nSPS) is 11.1. The van der Waals surface area contributed by atoms with Crippen molar-refractivity contribution in [3.8, 4) is 5.69 Å². The number of rotatable bonds is 2. The van der Waals surface area contributed by atoms with Crippen LogP contribution in [0.5, 0.6) is 0 Å². The lowest BCUT2D eigenvalue weighted by molar-refractivity contribution is 0.771. The zero-order valence-electron chi connectivity index (χ0n) is 9.61. The molecule has 0 aliphatic rings. The molecule has 1 aromatic heterocycles. The molecule has 0 aliphatic carbocycles. The number of anilines is 1. The molecule has 5 heteroatoms. The fourth-order valence-corrected chi connectivity index (χ4v) is 1.81. The van der Waals surface area contributed by atoms with E-state index in [-0.39, 0.29) is 0 Å². The van der Waals surface area contributed by atoms with E-state index in [0.29, 0.717) is 21.8 Å². The van der Waals surface area contributed by atoms with Crippen LogP contribution in [0, 0.1) is 0 Å². The van der Waals surface area contributed by atoms with Gasteiger partial charge in [0.25, 0.3) is 0 Å². The molecule has 0 bridgehead atoms. The van der Waals surface area contributed by atoms with Crippen LogP contribution >= 0.6 is 23.2 Å². The Morgan fingerprint density at radius 3 is 2.41 bits per heavy atom. The van der Waals surface area contributed by atoms with Gasteiger partial charge >= 0.3 is 0 Å². The van der Waals surface area contributed by atoms with E-state index >= 15 is 0 Å². The van der Waals surface area contributed by atoms with Gasteiger partial charge in [0.15, 0.2) is 0 Å². The van der Waals surface area contributed by atoms with Crippen LogP contribution in [0.2, 0.25) is 10.0 Å². The molecule has 0 fully saturated rings. The van der Waals surface area contributed by atoms with Gasteiger partial charge in [-0.3, -0.25) is 0 Å². The number of nitrogen functional groups attached to an aromatic ring is 1. The predicted molar refractivity (Wildman–Crippen MR) is 72.1 cm³/mol. The van der Waals surface area contributed by atoms with Crippen LogP contribution in [0.4, 0.5) is 5.82 Å². The monoisotopic (exact) mass is 269 g/mol. The summed E-state index contributed by atoms with van der Waals surface area (Å²) in [6.45, 7) is 4.14. The molecule has 90 valence electrons. The summed E-state index contributed by atoms with van der Waals surface area (Å²) in [4.78, 5) is 0. The standard InChI is InChI=1S/C12H13Cl2N3/c1-7(2)11-6-12(15)17(16-11)8-3-4-9(13)10(14)5-8/h3-7H,15H2,1-2H3. The summed E-state index contributed by atoms with van der Waals surface area (Å²) < 4.78 is 1.66. The van der Waals surface area contributed by atoms with Crippen LogP contribution in [-0.4, -0.2) is 9.78 Å². The Balaban J connectivity index is 2.49. The van der Waals surface area contributed by atoms with Crippen molar-refractivity contribution < 1.29 is 0 Å². The molecule has 0 radical (unpaired) electrons. The summed E-state index contributed by atoms with van der Waals surface area (Å²) in [5.74, 6) is 0.924. The summed E-state index contributed by atoms with van der Waals surface area (Å²) in [5.41, 5.74) is 7.69. The second-order valence-electron chi connectivity index (χ2n) is 4.16. The van der Waals surface area contributed by atoms with Crippen molar-refractivity contribution in [1.82, 2.24) is 9.78 Å². The first-order chi connectivity index (χ1) is 7.99. The van der Waals surface area contributed by atoms with E-state index in [1.165, 1.54) is 0 Å². The number of benzene rings is 1. The second kappa shape index (κ2) is 4.59. The van der Waals surface area contributed by atoms with Crippen LogP contribution in [-0.2, 0) is 0 Å². The average Bonchev–Trinajstić information content (AvgIpc) is 2.65. The van der Waals surface area contributed by atoms with Gasteiger partial charge in [0.05, 0.1) is 21.4 Å². The van der Waals surface area contributed by atoms with Crippen LogP contribution in [0.15, 0.2) is 24.3 Å². The Hall–Kier alpha value is -1.19. The van der Waals surface area contributed by atoms with Gasteiger partial charge in [-0.2, -0.15) is 5.10 Å². The minimum absolute atomic E-state index is 0.335. The van der Waals surface area contributed by atoms with E-state index in [1.807, 2.05) is 12.1 Å². The average molecular weight is 270 g/mol. The van der Waals surface area contributed by atoms with Gasteiger partial charge in [-0.15, -0.1) is 0 Å². The molecule has 2 rings (SSSR count). The summed E-state index contributed by atoms with van der Waals surface area (Å²) in [6, 6.07) is 7.18. The number of hydrogen-bond donors (Lipinski definition) is 1. The lowest BCUT2D eigenvalue weighted by Crippen LogP contribution is -2.02. The van der Waals surface area contributed by atoms with Crippen LogP contribution in [0.3, 0.4) is 0 Å². The maximum Gasteiger partial charge on any atom is 0.127 e. The van der Waals surface area contributed by atoms with E-state index in [1.54, 1.807) is 16.8 Å². The zero-order valence-corrected chi connectivity index (χ0v) is 11.1. The Morgan fingerprint density at radius 1 is 1.18 bits per heavy atom. The van der Waals surface area contributed by atoms with Gasteiger partial charge in [-0.05, 0) is 24.1 Å². The fourth-order valence-electron chi connectivity index (χ4n) is 1.52. The number of halogens is 2. The van der Waals surface area contributed by atoms with Gasteiger partial charge in [0.1, 0.15) is 5.82 Å². The quantitative estimate of drug-likeness (QED) is 0.899. The minimum atomic E-state index is 0.335. The van der Waals surface area contributed by atoms with E-state index in [9.17, 15) is 0 Å². The van der Waals surface area contributed by atoms with Crippen LogP contribution in [0.1, 0.15) is 25.5 Å². The molecule has 0 atom stereocenters. The van der Waals surface area contributed by atoms with Gasteiger partial charge in [0, 0.05) is 6.07 Å². The number of nitrogens with zero attached hydrogens (tertiary/aromatic N) is 2. The summed E-state index contributed by atoms with van der Waals surface area (Å²) in [5, 5.41) is 5.45. The summed E-state index contributed by atoms with van der Waals surface area (Å²) >= 11 is 11.8. The highest BCUT2D eigenvalue weighted by atomic mass is 35.5. The van der Waals surface area contributed by atoms with Crippen molar-refractivity contribution >= 4 is 29.0 Å². The minimum Gasteiger partial charge on any atom is -0.384 e. The molecule has 0 saturated carbocycles. The van der Waals surface area contributed by atoms with Crippen molar-refractivity contribution in [2.75, 3.05) is 5.73 Å². The molecule has 0 aliphatic heterocycles. The highest BCUT2D eigenvalue weighted by molar-refractivity contribution is 6.42. The molecule has 2 N–H and O–H groups in total. The Kier molecular flexibility index (Phi) is 3.31. The molecule has 3 nitrogen and oxygen atoms in total. The molecule has 0 amide bonds. The molecule has 1 aromatic carbocycles. The van der Waals surface area contributed by atoms with Crippen LogP contribution < -0.4 is 5.73 Å². The van der Waals surface area contributed by atoms with Gasteiger partial charge in [0.2, 0.25) is 0 Å². The van der Waals surface area contributed by atoms with Crippen LogP contribution in [0.25, 0.3) is 5.69 Å². The third kappa shape index (κ3) is 2.40. The summed E-state index contributed by atoms with van der Waals surface area (Å²) in [6.07, 6.45) is 0. The third-order valence-corrected chi connectivity index (χ3v) is 3.23. The van der Waals surface area contributed by atoms with E-state index in [0.717, 1.165) is 11.4 Å². The predicted octanol–water partition coefficient (Wildman–Crippen LogP) is 3.88. The maximum atomic E-state index is 5.97. The molecular weight excluding hydrogens is 257 g/mol. The van der Waals surface area contributed by atoms with E-state index < -0.39 is 0 Å². The topological polar surface area (TPSA) is 43.8 Å². The number of hydrogen-bond acceptors (Lipinski definition) is 2. The van der Waals surface area contributed by atoms with Gasteiger partial charge in [-0.1, -0.05) is 37.0 Å².